The van der Waals surface area contributed by atoms with Crippen molar-refractivity contribution in [2.75, 3.05) is 0 Å². The number of halogens is 4. The number of benzene rings is 3. The molecule has 0 saturated heterocycles. The van der Waals surface area contributed by atoms with Crippen LogP contribution in [0.4, 0.5) is 13.2 Å². The topological polar surface area (TPSA) is 65.0 Å². The van der Waals surface area contributed by atoms with Gasteiger partial charge in [0, 0.05) is 11.6 Å². The van der Waals surface area contributed by atoms with E-state index in [0.29, 0.717) is 18.1 Å². The normalized spacial score (nSPS) is 15.2. The molecule has 4 rings (SSSR count). The highest BCUT2D eigenvalue weighted by molar-refractivity contribution is 6.32. The first-order valence-electron chi connectivity index (χ1n) is 9.67. The molecule has 33 heavy (non-hydrogen) atoms. The minimum Gasteiger partial charge on any atom is -0.489 e. The van der Waals surface area contributed by atoms with Gasteiger partial charge in [-0.25, -0.2) is 4.79 Å². The number of aliphatic carboxylic acids is 1. The number of hydrogen-bond donors (Lipinski definition) is 1. The van der Waals surface area contributed by atoms with Crippen LogP contribution >= 0.6 is 11.6 Å². The van der Waals surface area contributed by atoms with Gasteiger partial charge in [-0.1, -0.05) is 41.9 Å². The van der Waals surface area contributed by atoms with Crippen molar-refractivity contribution < 1.29 is 37.3 Å². The number of carboxylic acids is 1. The van der Waals surface area contributed by atoms with Gasteiger partial charge in [-0.2, -0.15) is 13.2 Å². The van der Waals surface area contributed by atoms with E-state index in [1.165, 1.54) is 12.1 Å². The Bertz CT molecular complexity index is 1190. The van der Waals surface area contributed by atoms with Crippen molar-refractivity contribution in [2.45, 2.75) is 18.9 Å². The number of rotatable bonds is 6. The third-order valence-electron chi connectivity index (χ3n) is 4.75. The molecule has 3 aromatic rings. The maximum Gasteiger partial charge on any atom is 0.430 e. The van der Waals surface area contributed by atoms with E-state index in [-0.39, 0.29) is 22.1 Å². The average molecular weight is 477 g/mol. The Morgan fingerprint density at radius 3 is 2.33 bits per heavy atom. The lowest BCUT2D eigenvalue weighted by atomic mass is 10.0. The maximum atomic E-state index is 13.3. The molecule has 1 atom stereocenters. The fraction of sp³-hybridized carbons (Fsp3) is 0.125. The third kappa shape index (κ3) is 5.23. The Morgan fingerprint density at radius 1 is 1.03 bits per heavy atom. The molecule has 1 aliphatic rings. The van der Waals surface area contributed by atoms with Gasteiger partial charge in [-0.15, -0.1) is 0 Å². The standard InChI is InChI=1S/C24H16ClF3O5/c25-19-11-15-10-18(23(29)30)22(24(26,27)28)33-20(15)12-21(19)32-17-8-6-16(7-9-17)31-13-14-4-2-1-3-5-14/h1-12,22H,13H2,(H,29,30). The van der Waals surface area contributed by atoms with Gasteiger partial charge in [0.25, 0.3) is 0 Å². The zero-order chi connectivity index (χ0) is 23.6. The highest BCUT2D eigenvalue weighted by Gasteiger charge is 2.48. The van der Waals surface area contributed by atoms with Gasteiger partial charge in [0.2, 0.25) is 6.10 Å². The predicted octanol–water partition coefficient (Wildman–Crippen LogP) is 6.50. The van der Waals surface area contributed by atoms with Crippen LogP contribution in [0.15, 0.2) is 72.3 Å². The van der Waals surface area contributed by atoms with E-state index in [1.54, 1.807) is 24.3 Å². The van der Waals surface area contributed by atoms with Crippen molar-refractivity contribution in [3.63, 3.8) is 0 Å². The first kappa shape index (κ1) is 22.5. The fourth-order valence-electron chi connectivity index (χ4n) is 3.17. The predicted molar refractivity (Wildman–Crippen MR) is 115 cm³/mol. The molecule has 0 bridgehead atoms. The Hall–Kier alpha value is -3.65. The van der Waals surface area contributed by atoms with E-state index in [1.807, 2.05) is 30.3 Å². The number of hydrogen-bond acceptors (Lipinski definition) is 4. The highest BCUT2D eigenvalue weighted by Crippen LogP contribution is 2.42. The van der Waals surface area contributed by atoms with Gasteiger partial charge in [-0.05, 0) is 42.0 Å². The summed E-state index contributed by atoms with van der Waals surface area (Å²) in [6, 6.07) is 18.7. The van der Waals surface area contributed by atoms with E-state index >= 15 is 0 Å². The maximum absolute atomic E-state index is 13.3. The van der Waals surface area contributed by atoms with Crippen LogP contribution in [0.25, 0.3) is 6.08 Å². The molecule has 1 N–H and O–H groups in total. The minimum absolute atomic E-state index is 0.0569. The summed E-state index contributed by atoms with van der Waals surface area (Å²) in [5.41, 5.74) is 0.191. The van der Waals surface area contributed by atoms with Crippen LogP contribution in [0.1, 0.15) is 11.1 Å². The van der Waals surface area contributed by atoms with Gasteiger partial charge in [-0.3, -0.25) is 0 Å². The van der Waals surface area contributed by atoms with Gasteiger partial charge in [0.05, 0.1) is 10.6 Å². The summed E-state index contributed by atoms with van der Waals surface area (Å²) in [5, 5.41) is 9.20. The van der Waals surface area contributed by atoms with E-state index < -0.39 is 23.8 Å². The molecule has 0 spiro atoms. The zero-order valence-electron chi connectivity index (χ0n) is 16.8. The van der Waals surface area contributed by atoms with Crippen LogP contribution in [0.3, 0.4) is 0 Å². The van der Waals surface area contributed by atoms with Crippen LogP contribution in [0.5, 0.6) is 23.0 Å². The molecule has 1 unspecified atom stereocenters. The van der Waals surface area contributed by atoms with Crippen molar-refractivity contribution in [2.24, 2.45) is 0 Å². The van der Waals surface area contributed by atoms with Crippen molar-refractivity contribution in [1.29, 1.82) is 0 Å². The largest absolute Gasteiger partial charge is 0.489 e. The lowest BCUT2D eigenvalue weighted by Crippen LogP contribution is -2.40. The summed E-state index contributed by atoms with van der Waals surface area (Å²) in [5.74, 6) is -0.890. The van der Waals surface area contributed by atoms with Crippen LogP contribution < -0.4 is 14.2 Å². The summed E-state index contributed by atoms with van der Waals surface area (Å²) in [7, 11) is 0. The quantitative estimate of drug-likeness (QED) is 0.440. The smallest absolute Gasteiger partial charge is 0.430 e. The number of carboxylic acid groups (broad SMARTS) is 1. The van der Waals surface area contributed by atoms with E-state index in [2.05, 4.69) is 0 Å². The van der Waals surface area contributed by atoms with Crippen molar-refractivity contribution in [3.8, 4) is 23.0 Å². The monoisotopic (exact) mass is 476 g/mol. The molecule has 9 heteroatoms. The highest BCUT2D eigenvalue weighted by atomic mass is 35.5. The van der Waals surface area contributed by atoms with E-state index in [0.717, 1.165) is 11.6 Å². The van der Waals surface area contributed by atoms with Crippen LogP contribution in [0, 0.1) is 0 Å². The molecule has 5 nitrogen and oxygen atoms in total. The van der Waals surface area contributed by atoms with Crippen molar-refractivity contribution in [3.05, 3.63) is 88.5 Å². The van der Waals surface area contributed by atoms with Gasteiger partial charge >= 0.3 is 12.1 Å². The second-order valence-corrected chi connectivity index (χ2v) is 7.52. The molecule has 0 radical (unpaired) electrons. The molecule has 1 heterocycles. The Morgan fingerprint density at radius 2 is 1.70 bits per heavy atom. The Kier molecular flexibility index (Phi) is 6.20. The summed E-state index contributed by atoms with van der Waals surface area (Å²) in [4.78, 5) is 11.3. The molecule has 0 aliphatic carbocycles. The lowest BCUT2D eigenvalue weighted by Gasteiger charge is -2.27. The second-order valence-electron chi connectivity index (χ2n) is 7.11. The first-order valence-corrected chi connectivity index (χ1v) is 10.0. The molecular formula is C24H16ClF3O5. The molecule has 3 aromatic carbocycles. The Labute approximate surface area is 191 Å². The molecule has 170 valence electrons. The van der Waals surface area contributed by atoms with Crippen LogP contribution in [0.2, 0.25) is 5.02 Å². The summed E-state index contributed by atoms with van der Waals surface area (Å²) in [6.45, 7) is 0.390. The fourth-order valence-corrected chi connectivity index (χ4v) is 3.38. The minimum atomic E-state index is -4.90. The molecule has 0 aromatic heterocycles. The summed E-state index contributed by atoms with van der Waals surface area (Å²) >= 11 is 6.21. The Balaban J connectivity index is 1.51. The second kappa shape index (κ2) is 9.07. The number of alkyl halides is 3. The van der Waals surface area contributed by atoms with Gasteiger partial charge in [0.1, 0.15) is 29.6 Å². The molecular weight excluding hydrogens is 461 g/mol. The van der Waals surface area contributed by atoms with E-state index in [4.69, 9.17) is 30.9 Å². The first-order chi connectivity index (χ1) is 15.7. The van der Waals surface area contributed by atoms with Gasteiger partial charge in [0.15, 0.2) is 0 Å². The van der Waals surface area contributed by atoms with Crippen LogP contribution in [-0.2, 0) is 11.4 Å². The molecule has 0 fully saturated rings. The summed E-state index contributed by atoms with van der Waals surface area (Å²) < 4.78 is 56.2. The zero-order valence-corrected chi connectivity index (χ0v) is 17.6. The molecule has 0 saturated carbocycles. The summed E-state index contributed by atoms with van der Waals surface area (Å²) in [6.07, 6.45) is -6.61. The number of carbonyl (C=O) groups is 1. The van der Waals surface area contributed by atoms with Crippen molar-refractivity contribution >= 4 is 23.6 Å². The third-order valence-corrected chi connectivity index (χ3v) is 5.04. The van der Waals surface area contributed by atoms with Gasteiger partial charge < -0.3 is 19.3 Å². The number of ether oxygens (including phenoxy) is 3. The molecule has 0 amide bonds. The molecule has 1 aliphatic heterocycles. The number of fused-ring (bicyclic) bond motifs is 1. The SMILES string of the molecule is O=C(O)C1=Cc2cc(Cl)c(Oc3ccc(OCc4ccccc4)cc3)cc2OC1C(F)(F)F. The van der Waals surface area contributed by atoms with Crippen LogP contribution in [-0.4, -0.2) is 23.4 Å². The average Bonchev–Trinajstić information content (AvgIpc) is 2.78. The van der Waals surface area contributed by atoms with Crippen molar-refractivity contribution in [1.82, 2.24) is 0 Å². The lowest BCUT2D eigenvalue weighted by molar-refractivity contribution is -0.187. The van der Waals surface area contributed by atoms with E-state index in [9.17, 15) is 18.0 Å².